The van der Waals surface area contributed by atoms with Crippen LogP contribution >= 0.6 is 39.1 Å². The van der Waals surface area contributed by atoms with Gasteiger partial charge >= 0.3 is 0 Å². The van der Waals surface area contributed by atoms with Crippen LogP contribution in [0, 0.1) is 0 Å². The maximum Gasteiger partial charge on any atom is 0.276 e. The molecule has 3 aromatic rings. The lowest BCUT2D eigenvalue weighted by Gasteiger charge is -2.26. The Bertz CT molecular complexity index is 1140. The van der Waals surface area contributed by atoms with Crippen LogP contribution in [0.15, 0.2) is 82.4 Å². The minimum atomic E-state index is -0.785. The Hall–Kier alpha value is -2.18. The molecule has 1 amide bonds. The summed E-state index contributed by atoms with van der Waals surface area (Å²) in [6, 6.07) is 22.3. The third kappa shape index (κ3) is 4.55. The number of carbonyl (C=O) groups is 1. The number of methoxy groups -OCH3 is 1. The number of ether oxygens (including phenoxy) is 1. The average Bonchev–Trinajstić information content (AvgIpc) is 3.22. The van der Waals surface area contributed by atoms with Crippen LogP contribution in [0.3, 0.4) is 0 Å². The number of halogens is 3. The minimum absolute atomic E-state index is 0.264. The van der Waals surface area contributed by atoms with Crippen LogP contribution in [0.4, 0.5) is 0 Å². The van der Waals surface area contributed by atoms with E-state index in [1.165, 1.54) is 12.1 Å². The zero-order valence-corrected chi connectivity index (χ0v) is 19.7. The molecule has 158 valence electrons. The summed E-state index contributed by atoms with van der Waals surface area (Å²) in [5.74, 6) is -0.264. The Kier molecular flexibility index (Phi) is 6.77. The molecular weight excluding hydrogens is 499 g/mol. The molecule has 0 aliphatic carbocycles. The fourth-order valence-corrected chi connectivity index (χ4v) is 4.54. The predicted octanol–water partition coefficient (Wildman–Crippen LogP) is 6.82. The fourth-order valence-electron chi connectivity index (χ4n) is 3.70. The monoisotopic (exact) mass is 516 g/mol. The van der Waals surface area contributed by atoms with Crippen molar-refractivity contribution in [1.82, 2.24) is 5.01 Å². The van der Waals surface area contributed by atoms with Crippen LogP contribution in [0.2, 0.25) is 10.0 Å². The molecule has 1 aliphatic rings. The predicted molar refractivity (Wildman–Crippen MR) is 128 cm³/mol. The van der Waals surface area contributed by atoms with E-state index in [0.29, 0.717) is 16.5 Å². The van der Waals surface area contributed by atoms with Gasteiger partial charge in [0.15, 0.2) is 6.10 Å². The molecule has 0 saturated heterocycles. The van der Waals surface area contributed by atoms with Gasteiger partial charge in [-0.1, -0.05) is 93.7 Å². The van der Waals surface area contributed by atoms with Crippen LogP contribution < -0.4 is 0 Å². The minimum Gasteiger partial charge on any atom is -0.367 e. The molecule has 2 unspecified atom stereocenters. The summed E-state index contributed by atoms with van der Waals surface area (Å²) < 4.78 is 6.52. The molecule has 4 nitrogen and oxygen atoms in total. The smallest absolute Gasteiger partial charge is 0.276 e. The first-order valence-corrected chi connectivity index (χ1v) is 11.2. The van der Waals surface area contributed by atoms with Crippen molar-refractivity contribution in [2.24, 2.45) is 5.10 Å². The molecule has 3 aromatic carbocycles. The molecule has 1 aliphatic heterocycles. The number of hydrogen-bond donors (Lipinski definition) is 0. The zero-order valence-electron chi connectivity index (χ0n) is 16.6. The number of hydrogen-bond acceptors (Lipinski definition) is 3. The van der Waals surface area contributed by atoms with E-state index in [-0.39, 0.29) is 5.91 Å². The topological polar surface area (TPSA) is 41.9 Å². The Morgan fingerprint density at radius 1 is 1.10 bits per heavy atom. The Labute approximate surface area is 199 Å². The molecule has 2 atom stereocenters. The molecule has 4 rings (SSSR count). The first kappa shape index (κ1) is 22.0. The molecule has 0 spiro atoms. The molecule has 0 N–H and O–H groups in total. The number of hydrazone groups is 1. The summed E-state index contributed by atoms with van der Waals surface area (Å²) in [6.45, 7) is 0. The lowest BCUT2D eigenvalue weighted by molar-refractivity contribution is -0.144. The van der Waals surface area contributed by atoms with E-state index in [2.05, 4.69) is 15.9 Å². The summed E-state index contributed by atoms with van der Waals surface area (Å²) in [5, 5.41) is 7.06. The van der Waals surface area contributed by atoms with Gasteiger partial charge in [-0.3, -0.25) is 4.79 Å². The van der Waals surface area contributed by atoms with Crippen LogP contribution in [-0.4, -0.2) is 23.7 Å². The summed E-state index contributed by atoms with van der Waals surface area (Å²) >= 11 is 16.3. The second-order valence-corrected chi connectivity index (χ2v) is 8.83. The standard InChI is InChI=1S/C24H19BrCl2N2O2/c1-31-23(15-7-3-2-4-8-15)24(30)29-21(18-11-6-12-19(26)22(18)27)14-20(28-29)16-9-5-10-17(25)13-16/h2-13,21,23H,14H2,1H3. The highest BCUT2D eigenvalue weighted by Crippen LogP contribution is 2.40. The van der Waals surface area contributed by atoms with Crippen molar-refractivity contribution in [3.05, 3.63) is 104 Å². The fraction of sp³-hybridized carbons (Fsp3) is 0.167. The van der Waals surface area contributed by atoms with Gasteiger partial charge in [0.25, 0.3) is 5.91 Å². The van der Waals surface area contributed by atoms with E-state index in [1.807, 2.05) is 66.7 Å². The Balaban J connectivity index is 1.77. The number of carbonyl (C=O) groups excluding carboxylic acids is 1. The highest BCUT2D eigenvalue weighted by atomic mass is 79.9. The molecule has 0 bridgehead atoms. The highest BCUT2D eigenvalue weighted by molar-refractivity contribution is 9.10. The maximum absolute atomic E-state index is 13.6. The van der Waals surface area contributed by atoms with Gasteiger partial charge < -0.3 is 4.74 Å². The van der Waals surface area contributed by atoms with Crippen molar-refractivity contribution >= 4 is 50.8 Å². The van der Waals surface area contributed by atoms with E-state index in [1.54, 1.807) is 6.07 Å². The maximum atomic E-state index is 13.6. The van der Waals surface area contributed by atoms with Crippen LogP contribution in [0.25, 0.3) is 0 Å². The number of nitrogens with zero attached hydrogens (tertiary/aromatic N) is 2. The van der Waals surface area contributed by atoms with Gasteiger partial charge in [-0.25, -0.2) is 5.01 Å². The number of amides is 1. The summed E-state index contributed by atoms with van der Waals surface area (Å²) in [7, 11) is 1.52. The van der Waals surface area contributed by atoms with E-state index in [4.69, 9.17) is 33.0 Å². The Morgan fingerprint density at radius 2 is 1.84 bits per heavy atom. The van der Waals surface area contributed by atoms with E-state index in [9.17, 15) is 4.79 Å². The average molecular weight is 518 g/mol. The number of rotatable bonds is 5. The first-order chi connectivity index (χ1) is 15.0. The van der Waals surface area contributed by atoms with Gasteiger partial charge in [0, 0.05) is 18.0 Å². The summed E-state index contributed by atoms with van der Waals surface area (Å²) in [5.41, 5.74) is 3.23. The lowest BCUT2D eigenvalue weighted by atomic mass is 9.97. The molecular formula is C24H19BrCl2N2O2. The second-order valence-electron chi connectivity index (χ2n) is 7.13. The van der Waals surface area contributed by atoms with Crippen molar-refractivity contribution < 1.29 is 9.53 Å². The first-order valence-electron chi connectivity index (χ1n) is 9.67. The zero-order chi connectivity index (χ0) is 22.0. The van der Waals surface area contributed by atoms with Gasteiger partial charge in [-0.15, -0.1) is 0 Å². The van der Waals surface area contributed by atoms with Crippen molar-refractivity contribution in [2.75, 3.05) is 7.11 Å². The van der Waals surface area contributed by atoms with Crippen LogP contribution in [0.1, 0.15) is 35.3 Å². The summed E-state index contributed by atoms with van der Waals surface area (Å²) in [6.07, 6.45) is -0.278. The van der Waals surface area contributed by atoms with Gasteiger partial charge in [0.2, 0.25) is 0 Å². The molecule has 0 saturated carbocycles. The molecule has 0 fully saturated rings. The molecule has 0 radical (unpaired) electrons. The van der Waals surface area contributed by atoms with E-state index >= 15 is 0 Å². The van der Waals surface area contributed by atoms with E-state index < -0.39 is 12.1 Å². The van der Waals surface area contributed by atoms with Gasteiger partial charge in [-0.05, 0) is 34.9 Å². The van der Waals surface area contributed by atoms with Crippen LogP contribution in [0.5, 0.6) is 0 Å². The van der Waals surface area contributed by atoms with Gasteiger partial charge in [-0.2, -0.15) is 5.10 Å². The van der Waals surface area contributed by atoms with Crippen LogP contribution in [-0.2, 0) is 9.53 Å². The molecule has 31 heavy (non-hydrogen) atoms. The van der Waals surface area contributed by atoms with Gasteiger partial charge in [0.05, 0.1) is 21.8 Å². The third-order valence-electron chi connectivity index (χ3n) is 5.20. The highest BCUT2D eigenvalue weighted by Gasteiger charge is 2.38. The third-order valence-corrected chi connectivity index (χ3v) is 6.52. The molecule has 1 heterocycles. The van der Waals surface area contributed by atoms with E-state index in [0.717, 1.165) is 26.9 Å². The number of benzene rings is 3. The summed E-state index contributed by atoms with van der Waals surface area (Å²) in [4.78, 5) is 13.6. The van der Waals surface area contributed by atoms with Crippen molar-refractivity contribution in [2.45, 2.75) is 18.6 Å². The second kappa shape index (κ2) is 9.53. The van der Waals surface area contributed by atoms with Gasteiger partial charge in [0.1, 0.15) is 0 Å². The quantitative estimate of drug-likeness (QED) is 0.372. The normalized spacial score (nSPS) is 16.8. The van der Waals surface area contributed by atoms with Crippen molar-refractivity contribution in [1.29, 1.82) is 0 Å². The lowest BCUT2D eigenvalue weighted by Crippen LogP contribution is -2.32. The SMILES string of the molecule is COC(C(=O)N1N=C(c2cccc(Br)c2)CC1c1cccc(Cl)c1Cl)c1ccccc1. The van der Waals surface area contributed by atoms with Crippen molar-refractivity contribution in [3.8, 4) is 0 Å². The molecule has 7 heteroatoms. The largest absolute Gasteiger partial charge is 0.367 e. The Morgan fingerprint density at radius 3 is 2.55 bits per heavy atom. The van der Waals surface area contributed by atoms with Crippen molar-refractivity contribution in [3.63, 3.8) is 0 Å². The molecule has 0 aromatic heterocycles.